The van der Waals surface area contributed by atoms with E-state index in [4.69, 9.17) is 61.6 Å². The Morgan fingerprint density at radius 1 is 0.414 bits per heavy atom. The molecule has 0 aliphatic carbocycles. The lowest BCUT2D eigenvalue weighted by Crippen LogP contribution is -2.70. The van der Waals surface area contributed by atoms with Crippen LogP contribution in [0.3, 0.4) is 0 Å². The summed E-state index contributed by atoms with van der Waals surface area (Å²) in [4.78, 5) is 69.9. The van der Waals surface area contributed by atoms with Gasteiger partial charge in [0.2, 0.25) is 6.36 Å². The highest BCUT2D eigenvalue weighted by molar-refractivity contribution is 6.21. The number of hydrogen-bond acceptors (Lipinski definition) is 18. The molecule has 458 valence electrons. The van der Waals surface area contributed by atoms with Gasteiger partial charge in [0.15, 0.2) is 30.9 Å². The normalized spacial score (nSPS) is 27.9. The number of carbonyl (C=O) groups excluding carboxylic acids is 5. The molecule has 4 heterocycles. The van der Waals surface area contributed by atoms with Gasteiger partial charge < -0.3 is 61.6 Å². The van der Waals surface area contributed by atoms with Crippen molar-refractivity contribution in [1.82, 2.24) is 4.90 Å². The Morgan fingerprint density at radius 2 is 0.782 bits per heavy atom. The van der Waals surface area contributed by atoms with Crippen LogP contribution in [0, 0.1) is 0 Å². The first-order valence-corrected chi connectivity index (χ1v) is 28.9. The molecular weight excluding hydrogens is 1130 g/mol. The number of benzene rings is 6. The summed E-state index contributed by atoms with van der Waals surface area (Å²) in [5.74, 6) is -4.30. The first-order chi connectivity index (χ1) is 42.3. The average molecular weight is 1200 g/mol. The van der Waals surface area contributed by atoms with Crippen molar-refractivity contribution in [2.45, 2.75) is 153 Å². The number of halogens is 1. The van der Waals surface area contributed by atoms with Crippen LogP contribution < -0.4 is 0 Å². The van der Waals surface area contributed by atoms with Gasteiger partial charge in [0, 0.05) is 20.8 Å². The fraction of sp³-hybridized carbons (Fsp3) is 0.388. The predicted octanol–water partition coefficient (Wildman–Crippen LogP) is 8.57. The Balaban J connectivity index is 1.10. The van der Waals surface area contributed by atoms with Gasteiger partial charge in [-0.15, -0.1) is 0 Å². The quantitative estimate of drug-likeness (QED) is 0.0299. The summed E-state index contributed by atoms with van der Waals surface area (Å²) in [6, 6.07) is 50.7. The standard InChI is InChI=1S/C67H70FNO18/c1-41-55(77-36-47-26-14-7-15-27-47)59(78-37-48-28-16-8-17-29-48)61(79-38-49-30-18-9-19-31-49)66(80-41)87-58-54(69-64(73)50-32-20-21-33-51(50)65(69)74)63(68)84-52(39-75-34-45-22-10-5-11-23-45)56(58)86-67-62(83-44(4)72)60(82-43(3)71)57(81-42(2)70)53(85-67)40-76-35-46-24-12-6-13-25-46/h5-33,41,52-63,66-67H,34-40H2,1-4H3/t41-,52+,53+,54+,55+,56+,57-,58+,59+,60-,61-,62+,63?,66-,67-/m0/s1. The minimum atomic E-state index is -2.52. The van der Waals surface area contributed by atoms with Gasteiger partial charge in [0.1, 0.15) is 48.8 Å². The number of ether oxygens (including phenoxy) is 13. The Hall–Kier alpha value is -7.60. The van der Waals surface area contributed by atoms with E-state index in [1.54, 1.807) is 19.1 Å². The van der Waals surface area contributed by atoms with Crippen molar-refractivity contribution in [2.75, 3.05) is 13.2 Å². The number of fused-ring (bicyclic) bond motifs is 1. The predicted molar refractivity (Wildman–Crippen MR) is 307 cm³/mol. The maximum absolute atomic E-state index is 18.1. The zero-order chi connectivity index (χ0) is 60.8. The molecular formula is C67H70FNO18. The lowest BCUT2D eigenvalue weighted by molar-refractivity contribution is -0.376. The van der Waals surface area contributed by atoms with Gasteiger partial charge >= 0.3 is 17.9 Å². The lowest BCUT2D eigenvalue weighted by atomic mass is 9.93. The van der Waals surface area contributed by atoms with Crippen LogP contribution in [0.2, 0.25) is 0 Å². The van der Waals surface area contributed by atoms with Crippen LogP contribution in [-0.2, 0) is 109 Å². The van der Waals surface area contributed by atoms with Gasteiger partial charge in [-0.25, -0.2) is 4.39 Å². The van der Waals surface area contributed by atoms with Crippen molar-refractivity contribution in [1.29, 1.82) is 0 Å². The van der Waals surface area contributed by atoms with Gasteiger partial charge in [-0.2, -0.15) is 0 Å². The van der Waals surface area contributed by atoms with Crippen molar-refractivity contribution in [3.8, 4) is 0 Å². The third-order valence-corrected chi connectivity index (χ3v) is 15.2. The lowest BCUT2D eigenvalue weighted by Gasteiger charge is -2.51. The van der Waals surface area contributed by atoms with Crippen LogP contribution in [0.25, 0.3) is 0 Å². The van der Waals surface area contributed by atoms with Crippen molar-refractivity contribution >= 4 is 29.7 Å². The van der Waals surface area contributed by atoms with Crippen LogP contribution in [0.5, 0.6) is 0 Å². The molecule has 1 unspecified atom stereocenters. The largest absolute Gasteiger partial charge is 0.456 e. The molecule has 4 aliphatic rings. The SMILES string of the molecule is CC(=O)O[C@H]1[C@@H](OC(C)=O)[C@@H](COCc2ccccc2)O[C@@H](O[C@H]2[C@H](O[C@@H]3O[C@@H](C)[C@@H](OCc4ccccc4)[C@@H](OCc4ccccc4)[C@@H]3OCc3ccccc3)[C@@H](N3C(=O)c4ccccc4C3=O)C(F)O[C@@H]2COCc2ccccc2)[C@@H]1OC(C)=O. The van der Waals surface area contributed by atoms with Crippen LogP contribution in [0.1, 0.15) is 76.2 Å². The first kappa shape index (κ1) is 62.5. The molecule has 0 saturated carbocycles. The summed E-state index contributed by atoms with van der Waals surface area (Å²) in [5.41, 5.74) is 3.95. The second-order valence-electron chi connectivity index (χ2n) is 21.5. The molecule has 3 saturated heterocycles. The summed E-state index contributed by atoms with van der Waals surface area (Å²) in [5, 5.41) is 0. The first-order valence-electron chi connectivity index (χ1n) is 28.9. The maximum atomic E-state index is 18.1. The molecule has 87 heavy (non-hydrogen) atoms. The van der Waals surface area contributed by atoms with Crippen molar-refractivity contribution in [2.24, 2.45) is 0 Å². The molecule has 15 atom stereocenters. The third kappa shape index (κ3) is 15.8. The third-order valence-electron chi connectivity index (χ3n) is 15.2. The second kappa shape index (κ2) is 29.9. The summed E-state index contributed by atoms with van der Waals surface area (Å²) in [7, 11) is 0. The Morgan fingerprint density at radius 3 is 1.24 bits per heavy atom. The zero-order valence-corrected chi connectivity index (χ0v) is 48.5. The van der Waals surface area contributed by atoms with E-state index in [1.807, 2.05) is 152 Å². The van der Waals surface area contributed by atoms with Crippen LogP contribution >= 0.6 is 0 Å². The molecule has 0 aromatic heterocycles. The van der Waals surface area contributed by atoms with Crippen LogP contribution in [-0.4, -0.2) is 140 Å². The number of carbonyl (C=O) groups is 5. The summed E-state index contributed by atoms with van der Waals surface area (Å²) in [6.45, 7) is 4.62. The number of esters is 3. The van der Waals surface area contributed by atoms with Gasteiger partial charge in [0.25, 0.3) is 11.8 Å². The summed E-state index contributed by atoms with van der Waals surface area (Å²) in [6.07, 6.45) is -21.2. The van der Waals surface area contributed by atoms with E-state index in [9.17, 15) is 24.0 Å². The molecule has 10 rings (SSSR count). The summed E-state index contributed by atoms with van der Waals surface area (Å²) < 4.78 is 103. The molecule has 6 aromatic rings. The highest BCUT2D eigenvalue weighted by Gasteiger charge is 2.61. The maximum Gasteiger partial charge on any atom is 0.303 e. The van der Waals surface area contributed by atoms with Crippen molar-refractivity contribution in [3.05, 3.63) is 215 Å². The fourth-order valence-electron chi connectivity index (χ4n) is 11.2. The van der Waals surface area contributed by atoms with Crippen LogP contribution in [0.15, 0.2) is 176 Å². The topological polar surface area (TPSA) is 209 Å². The molecule has 0 N–H and O–H groups in total. The minimum absolute atomic E-state index is 0.00337. The Kier molecular flexibility index (Phi) is 21.4. The number of amides is 2. The monoisotopic (exact) mass is 1200 g/mol. The van der Waals surface area contributed by atoms with Gasteiger partial charge in [0.05, 0.1) is 63.5 Å². The molecule has 0 spiro atoms. The van der Waals surface area contributed by atoms with E-state index in [1.165, 1.54) is 12.1 Å². The van der Waals surface area contributed by atoms with Gasteiger partial charge in [-0.1, -0.05) is 164 Å². The van der Waals surface area contributed by atoms with E-state index < -0.39 is 128 Å². The number of nitrogens with zero attached hydrogens (tertiary/aromatic N) is 1. The van der Waals surface area contributed by atoms with E-state index >= 15 is 4.39 Å². The van der Waals surface area contributed by atoms with E-state index in [2.05, 4.69) is 0 Å². The summed E-state index contributed by atoms with van der Waals surface area (Å²) >= 11 is 0. The number of rotatable bonds is 25. The smallest absolute Gasteiger partial charge is 0.303 e. The number of alkyl halides is 1. The number of imide groups is 1. The molecule has 0 bridgehead atoms. The number of hydrogen-bond donors (Lipinski definition) is 0. The minimum Gasteiger partial charge on any atom is -0.456 e. The van der Waals surface area contributed by atoms with Gasteiger partial charge in [-0.05, 0) is 46.9 Å². The van der Waals surface area contributed by atoms with E-state index in [-0.39, 0.29) is 50.8 Å². The second-order valence-corrected chi connectivity index (χ2v) is 21.5. The molecule has 20 heteroatoms. The highest BCUT2D eigenvalue weighted by atomic mass is 19.1. The molecule has 6 aromatic carbocycles. The van der Waals surface area contributed by atoms with Gasteiger partial charge in [-0.3, -0.25) is 28.9 Å². The molecule has 0 radical (unpaired) electrons. The van der Waals surface area contributed by atoms with E-state index in [0.29, 0.717) is 0 Å². The van der Waals surface area contributed by atoms with Crippen molar-refractivity contribution < 1.29 is 89.9 Å². The van der Waals surface area contributed by atoms with Crippen LogP contribution in [0.4, 0.5) is 4.39 Å². The molecule has 19 nitrogen and oxygen atoms in total. The zero-order valence-electron chi connectivity index (χ0n) is 48.5. The van der Waals surface area contributed by atoms with E-state index in [0.717, 1.165) is 53.5 Å². The highest BCUT2D eigenvalue weighted by Crippen LogP contribution is 2.41. The Labute approximate surface area is 503 Å². The fourth-order valence-corrected chi connectivity index (χ4v) is 11.2. The van der Waals surface area contributed by atoms with Crippen molar-refractivity contribution in [3.63, 3.8) is 0 Å². The average Bonchev–Trinajstić information content (AvgIpc) is 2.01. The molecule has 2 amide bonds. The molecule has 3 fully saturated rings. The molecule has 4 aliphatic heterocycles. The Bertz CT molecular complexity index is 3170.